The second-order valence-electron chi connectivity index (χ2n) is 5.95. The van der Waals surface area contributed by atoms with Crippen LogP contribution < -0.4 is 0 Å². The first-order valence-electron chi connectivity index (χ1n) is 7.10. The zero-order chi connectivity index (χ0) is 16.2. The van der Waals surface area contributed by atoms with E-state index in [1.54, 1.807) is 5.57 Å². The van der Waals surface area contributed by atoms with Gasteiger partial charge in [-0.25, -0.2) is 18.1 Å². The minimum absolute atomic E-state index is 0. The smallest absolute Gasteiger partial charge is 0.0433 e. The van der Waals surface area contributed by atoms with Gasteiger partial charge in [-0.2, -0.15) is 0 Å². The largest absolute Gasteiger partial charge is 0.400 e. The van der Waals surface area contributed by atoms with Crippen LogP contribution in [0.3, 0.4) is 0 Å². The van der Waals surface area contributed by atoms with E-state index in [9.17, 15) is 0 Å². The van der Waals surface area contributed by atoms with Gasteiger partial charge in [0.25, 0.3) is 0 Å². The quantitative estimate of drug-likeness (QED) is 0.531. The van der Waals surface area contributed by atoms with Crippen LogP contribution in [0.2, 0.25) is 25.7 Å². The summed E-state index contributed by atoms with van der Waals surface area (Å²) in [6.07, 6.45) is 12.1. The molecule has 3 N–H and O–H groups in total. The summed E-state index contributed by atoms with van der Waals surface area (Å²) < 4.78 is 0. The Labute approximate surface area is 147 Å². The molecule has 0 aromatic rings. The van der Waals surface area contributed by atoms with Crippen molar-refractivity contribution in [3.05, 3.63) is 30.2 Å². The van der Waals surface area contributed by atoms with Crippen LogP contribution in [0, 0.1) is 18.3 Å². The van der Waals surface area contributed by atoms with Crippen molar-refractivity contribution in [2.45, 2.75) is 38.5 Å². The molecule has 3 nitrogen and oxygen atoms in total. The molecule has 2 unspecified atom stereocenters. The molecule has 5 heteroatoms. The summed E-state index contributed by atoms with van der Waals surface area (Å²) in [6.45, 7) is 7.44. The van der Waals surface area contributed by atoms with Gasteiger partial charge in [0.1, 0.15) is 0 Å². The molecule has 1 fully saturated rings. The van der Waals surface area contributed by atoms with E-state index in [2.05, 4.69) is 44.3 Å². The van der Waals surface area contributed by atoms with E-state index in [-0.39, 0.29) is 21.7 Å². The first-order valence-corrected chi connectivity index (χ1v) is 10.8. The summed E-state index contributed by atoms with van der Waals surface area (Å²) in [6, 6.07) is 1.47. The summed E-state index contributed by atoms with van der Waals surface area (Å²) >= 11 is 0. The average molecular weight is 349 g/mol. The summed E-state index contributed by atoms with van der Waals surface area (Å²) in [5, 5.41) is 21.0. The molecule has 0 bridgehead atoms. The second kappa shape index (κ2) is 15.1. The van der Waals surface area contributed by atoms with E-state index >= 15 is 0 Å². The van der Waals surface area contributed by atoms with E-state index in [4.69, 9.17) is 15.3 Å². The van der Waals surface area contributed by atoms with Crippen LogP contribution in [-0.4, -0.2) is 44.7 Å². The second-order valence-corrected chi connectivity index (χ2v) is 11.5. The molecule has 2 rings (SSSR count). The Bertz CT molecular complexity index is 286. The number of aliphatic hydroxyl groups excluding tert-OH is 3. The van der Waals surface area contributed by atoms with Crippen molar-refractivity contribution in [1.29, 1.82) is 0 Å². The van der Waals surface area contributed by atoms with E-state index < -0.39 is 8.07 Å². The predicted molar refractivity (Wildman–Crippen MR) is 90.3 cm³/mol. The Morgan fingerprint density at radius 2 is 1.62 bits per heavy atom. The Hall–Kier alpha value is 0.161. The van der Waals surface area contributed by atoms with Crippen LogP contribution in [0.25, 0.3) is 0 Å². The van der Waals surface area contributed by atoms with Crippen molar-refractivity contribution in [2.24, 2.45) is 11.8 Å². The average Bonchev–Trinajstić information content (AvgIpc) is 2.85. The predicted octanol–water partition coefficient (Wildman–Crippen LogP) is 2.87. The topological polar surface area (TPSA) is 60.7 Å². The van der Waals surface area contributed by atoms with Gasteiger partial charge < -0.3 is 15.3 Å². The van der Waals surface area contributed by atoms with Crippen LogP contribution in [0.4, 0.5) is 0 Å². The molecule has 0 radical (unpaired) electrons. The summed E-state index contributed by atoms with van der Waals surface area (Å²) in [5.74, 6) is 1.75. The van der Waals surface area contributed by atoms with Crippen molar-refractivity contribution in [1.82, 2.24) is 0 Å². The molecule has 0 aromatic carbocycles. The van der Waals surface area contributed by atoms with E-state index in [0.29, 0.717) is 0 Å². The molecule has 0 heterocycles. The maximum absolute atomic E-state index is 7.00. The maximum Gasteiger partial charge on any atom is 0.0433 e. The molecule has 0 spiro atoms. The maximum atomic E-state index is 7.00. The van der Waals surface area contributed by atoms with Gasteiger partial charge in [-0.1, -0.05) is 38.0 Å². The van der Waals surface area contributed by atoms with Crippen LogP contribution in [-0.2, 0) is 21.7 Å². The molecule has 2 atom stereocenters. The summed E-state index contributed by atoms with van der Waals surface area (Å²) in [5.41, 5.74) is 1.62. The Kier molecular flexibility index (Phi) is 18.7. The fraction of sp³-hybridized carbons (Fsp3) is 0.688. The fourth-order valence-electron chi connectivity index (χ4n) is 2.75. The van der Waals surface area contributed by atoms with Crippen LogP contribution in [0.15, 0.2) is 23.8 Å². The Morgan fingerprint density at radius 3 is 2.05 bits per heavy atom. The molecular weight excluding hydrogens is 316 g/mol. The number of fused-ring (bicyclic) bond motifs is 1. The zero-order valence-corrected chi connectivity index (χ0v) is 17.0. The minimum Gasteiger partial charge on any atom is -0.400 e. The van der Waals surface area contributed by atoms with Gasteiger partial charge in [-0.15, -0.1) is 12.2 Å². The van der Waals surface area contributed by atoms with Crippen LogP contribution in [0.5, 0.6) is 0 Å². The Balaban J connectivity index is -0.000000414. The third-order valence-electron chi connectivity index (χ3n) is 3.21. The van der Waals surface area contributed by atoms with E-state index in [1.165, 1.54) is 18.9 Å². The van der Waals surface area contributed by atoms with Crippen LogP contribution in [0.1, 0.15) is 12.8 Å². The van der Waals surface area contributed by atoms with Gasteiger partial charge in [0, 0.05) is 51.1 Å². The first kappa shape index (κ1) is 26.1. The summed E-state index contributed by atoms with van der Waals surface area (Å²) in [4.78, 5) is 0. The fourth-order valence-corrected chi connectivity index (χ4v) is 4.61. The normalized spacial score (nSPS) is 21.5. The molecular formula is C16H33O3SiTi-. The first-order chi connectivity index (χ1) is 9.54. The van der Waals surface area contributed by atoms with Gasteiger partial charge in [0.2, 0.25) is 0 Å². The molecule has 0 aromatic heterocycles. The minimum atomic E-state index is -0.865. The number of rotatable bonds is 2. The molecule has 2 aliphatic rings. The monoisotopic (exact) mass is 349 g/mol. The Morgan fingerprint density at radius 1 is 1.10 bits per heavy atom. The van der Waals surface area contributed by atoms with Gasteiger partial charge in [0.15, 0.2) is 0 Å². The van der Waals surface area contributed by atoms with Crippen molar-refractivity contribution in [3.8, 4) is 0 Å². The molecule has 2 aliphatic carbocycles. The summed E-state index contributed by atoms with van der Waals surface area (Å²) in [7, 11) is 2.13. The number of hydrogen-bond donors (Lipinski definition) is 3. The van der Waals surface area contributed by atoms with Crippen molar-refractivity contribution < 1.29 is 37.0 Å². The van der Waals surface area contributed by atoms with Gasteiger partial charge >= 0.3 is 0 Å². The number of hydrogen-bond acceptors (Lipinski definition) is 3. The van der Waals surface area contributed by atoms with Crippen molar-refractivity contribution in [3.63, 3.8) is 0 Å². The number of allylic oxidation sites excluding steroid dienone is 4. The molecule has 21 heavy (non-hydrogen) atoms. The third-order valence-corrected chi connectivity index (χ3v) is 4.96. The third kappa shape index (κ3) is 11.4. The SMILES string of the molecule is CO.CO.CO.C[Si](C)(C)CC1[CH-]C2=CC=CCC2C1.[Ti]. The van der Waals surface area contributed by atoms with Crippen LogP contribution >= 0.6 is 0 Å². The number of aliphatic hydroxyl groups is 3. The molecule has 0 aliphatic heterocycles. The van der Waals surface area contributed by atoms with Gasteiger partial charge in [-0.3, -0.25) is 0 Å². The standard InChI is InChI=1S/C13H21Si.3CH4O.Ti/c1-14(2,3)10-11-8-12-6-4-5-7-13(12)9-11;3*1-2;/h4-6,8,11,13H,7,9-10H2,1-3H3;3*2H,1H3;/q-1;;;;. The van der Waals surface area contributed by atoms with Crippen molar-refractivity contribution in [2.75, 3.05) is 21.3 Å². The van der Waals surface area contributed by atoms with E-state index in [1.807, 2.05) is 0 Å². The molecule has 1 saturated carbocycles. The zero-order valence-electron chi connectivity index (χ0n) is 14.4. The molecule has 0 saturated heterocycles. The molecule has 124 valence electrons. The van der Waals surface area contributed by atoms with Gasteiger partial charge in [-0.05, 0) is 12.3 Å². The molecule has 0 amide bonds. The van der Waals surface area contributed by atoms with Gasteiger partial charge in [0.05, 0.1) is 0 Å². The van der Waals surface area contributed by atoms with Crippen molar-refractivity contribution >= 4 is 8.07 Å². The van der Waals surface area contributed by atoms with E-state index in [0.717, 1.165) is 33.2 Å².